The summed E-state index contributed by atoms with van der Waals surface area (Å²) < 4.78 is 32.7. The van der Waals surface area contributed by atoms with Crippen molar-refractivity contribution in [1.82, 2.24) is 14.7 Å². The van der Waals surface area contributed by atoms with Gasteiger partial charge in [0.05, 0.1) is 27.9 Å². The molecule has 2 unspecified atom stereocenters. The lowest BCUT2D eigenvalue weighted by Gasteiger charge is -2.16. The summed E-state index contributed by atoms with van der Waals surface area (Å²) in [6.45, 7) is 2.31. The fourth-order valence-electron chi connectivity index (χ4n) is 2.47. The van der Waals surface area contributed by atoms with Crippen molar-refractivity contribution in [3.8, 4) is 0 Å². The maximum atomic E-state index is 12.4. The van der Waals surface area contributed by atoms with Crippen LogP contribution in [0.2, 0.25) is 0 Å². The van der Waals surface area contributed by atoms with Gasteiger partial charge in [0.15, 0.2) is 0 Å². The summed E-state index contributed by atoms with van der Waals surface area (Å²) in [6.07, 6.45) is 0.400. The number of H-pyrrole nitrogens is 2. The third-order valence-electron chi connectivity index (χ3n) is 3.70. The van der Waals surface area contributed by atoms with Crippen LogP contribution in [0.3, 0.4) is 0 Å². The standard InChI is InChI=1S/C13H15N3O5S/c1-7-10(4-5-21-7)16-22(19,20)8-2-3-11-9(6-8)12(17)15-13(18)14-11/h2-3,6-7,10,16H,4-5H2,1H3,(H2,14,15,17,18). The van der Waals surface area contributed by atoms with Gasteiger partial charge in [-0.3, -0.25) is 9.78 Å². The van der Waals surface area contributed by atoms with Gasteiger partial charge in [-0.15, -0.1) is 0 Å². The number of rotatable bonds is 3. The van der Waals surface area contributed by atoms with Gasteiger partial charge >= 0.3 is 5.69 Å². The second-order valence-electron chi connectivity index (χ2n) is 5.21. The fourth-order valence-corrected chi connectivity index (χ4v) is 3.83. The molecule has 1 aromatic carbocycles. The van der Waals surface area contributed by atoms with E-state index in [1.165, 1.54) is 18.2 Å². The summed E-state index contributed by atoms with van der Waals surface area (Å²) in [4.78, 5) is 27.4. The van der Waals surface area contributed by atoms with E-state index in [1.807, 2.05) is 0 Å². The van der Waals surface area contributed by atoms with Gasteiger partial charge in [-0.25, -0.2) is 17.9 Å². The van der Waals surface area contributed by atoms with E-state index in [0.29, 0.717) is 13.0 Å². The van der Waals surface area contributed by atoms with E-state index in [1.54, 1.807) is 6.92 Å². The van der Waals surface area contributed by atoms with Crippen molar-refractivity contribution in [3.05, 3.63) is 39.0 Å². The number of nitrogens with one attached hydrogen (secondary N) is 3. The Balaban J connectivity index is 2.02. The van der Waals surface area contributed by atoms with Crippen LogP contribution in [0.1, 0.15) is 13.3 Å². The molecule has 3 rings (SSSR count). The van der Waals surface area contributed by atoms with Crippen molar-refractivity contribution >= 4 is 20.9 Å². The van der Waals surface area contributed by atoms with Gasteiger partial charge in [-0.2, -0.15) is 0 Å². The molecule has 1 fully saturated rings. The Bertz CT molecular complexity index is 931. The Morgan fingerprint density at radius 3 is 2.73 bits per heavy atom. The summed E-state index contributed by atoms with van der Waals surface area (Å²) in [5.41, 5.74) is -0.984. The third kappa shape index (κ3) is 2.70. The highest BCUT2D eigenvalue weighted by Gasteiger charge is 2.29. The molecule has 0 aliphatic carbocycles. The summed E-state index contributed by atoms with van der Waals surface area (Å²) in [7, 11) is -3.77. The average Bonchev–Trinajstić information content (AvgIpc) is 2.83. The minimum Gasteiger partial charge on any atom is -0.377 e. The van der Waals surface area contributed by atoms with E-state index >= 15 is 0 Å². The summed E-state index contributed by atoms with van der Waals surface area (Å²) in [5.74, 6) is 0. The number of aromatic nitrogens is 2. The number of hydrogen-bond donors (Lipinski definition) is 3. The van der Waals surface area contributed by atoms with Gasteiger partial charge in [0.1, 0.15) is 0 Å². The van der Waals surface area contributed by atoms with E-state index in [-0.39, 0.29) is 27.9 Å². The van der Waals surface area contributed by atoms with Crippen LogP contribution in [0.25, 0.3) is 10.9 Å². The van der Waals surface area contributed by atoms with Gasteiger partial charge in [0.2, 0.25) is 10.0 Å². The van der Waals surface area contributed by atoms with Crippen LogP contribution in [0.4, 0.5) is 0 Å². The Hall–Kier alpha value is -1.97. The van der Waals surface area contributed by atoms with E-state index in [9.17, 15) is 18.0 Å². The molecule has 9 heteroatoms. The van der Waals surface area contributed by atoms with Crippen LogP contribution in [0, 0.1) is 0 Å². The molecule has 0 radical (unpaired) electrons. The molecule has 1 saturated heterocycles. The van der Waals surface area contributed by atoms with Gasteiger partial charge < -0.3 is 9.72 Å². The predicted molar refractivity (Wildman–Crippen MR) is 79.3 cm³/mol. The first-order valence-corrected chi connectivity index (χ1v) is 8.25. The number of benzene rings is 1. The number of hydrogen-bond acceptors (Lipinski definition) is 5. The average molecular weight is 325 g/mol. The highest BCUT2D eigenvalue weighted by atomic mass is 32.2. The molecule has 22 heavy (non-hydrogen) atoms. The smallest absolute Gasteiger partial charge is 0.326 e. The van der Waals surface area contributed by atoms with Crippen LogP contribution < -0.4 is 16.0 Å². The molecule has 118 valence electrons. The molecule has 3 N–H and O–H groups in total. The lowest BCUT2D eigenvalue weighted by atomic mass is 10.2. The molecular formula is C13H15N3O5S. The van der Waals surface area contributed by atoms with Crippen molar-refractivity contribution in [3.63, 3.8) is 0 Å². The molecule has 8 nitrogen and oxygen atoms in total. The van der Waals surface area contributed by atoms with Crippen LogP contribution in [-0.2, 0) is 14.8 Å². The molecule has 1 aliphatic heterocycles. The molecule has 0 amide bonds. The molecule has 2 atom stereocenters. The number of aromatic amines is 2. The first kappa shape index (κ1) is 14.9. The molecular weight excluding hydrogens is 310 g/mol. The highest BCUT2D eigenvalue weighted by molar-refractivity contribution is 7.89. The highest BCUT2D eigenvalue weighted by Crippen LogP contribution is 2.18. The summed E-state index contributed by atoms with van der Waals surface area (Å²) in [5, 5.41) is 0.109. The van der Waals surface area contributed by atoms with E-state index in [2.05, 4.69) is 14.7 Å². The molecule has 1 aromatic heterocycles. The van der Waals surface area contributed by atoms with Crippen LogP contribution in [0.5, 0.6) is 0 Å². The predicted octanol–water partition coefficient (Wildman–Crippen LogP) is -0.328. The number of ether oxygens (including phenoxy) is 1. The second-order valence-corrected chi connectivity index (χ2v) is 6.92. The Kier molecular flexibility index (Phi) is 3.63. The lowest BCUT2D eigenvalue weighted by Crippen LogP contribution is -2.39. The number of sulfonamides is 1. The minimum absolute atomic E-state index is 0.0309. The van der Waals surface area contributed by atoms with E-state index < -0.39 is 21.3 Å². The topological polar surface area (TPSA) is 121 Å². The molecule has 1 aliphatic rings. The molecule has 0 saturated carbocycles. The quantitative estimate of drug-likeness (QED) is 0.713. The maximum absolute atomic E-state index is 12.4. The van der Waals surface area contributed by atoms with Crippen LogP contribution in [-0.4, -0.2) is 37.1 Å². The Labute approximate surface area is 125 Å². The van der Waals surface area contributed by atoms with E-state index in [4.69, 9.17) is 4.74 Å². The second kappa shape index (κ2) is 5.34. The van der Waals surface area contributed by atoms with Crippen LogP contribution in [0.15, 0.2) is 32.7 Å². The zero-order valence-corrected chi connectivity index (χ0v) is 12.6. The zero-order chi connectivity index (χ0) is 15.9. The van der Waals surface area contributed by atoms with Crippen molar-refractivity contribution in [2.75, 3.05) is 6.61 Å². The third-order valence-corrected chi connectivity index (χ3v) is 5.19. The summed E-state index contributed by atoms with van der Waals surface area (Å²) in [6, 6.07) is 3.69. The Morgan fingerprint density at radius 2 is 2.05 bits per heavy atom. The molecule has 2 aromatic rings. The maximum Gasteiger partial charge on any atom is 0.326 e. The zero-order valence-electron chi connectivity index (χ0n) is 11.8. The van der Waals surface area contributed by atoms with Crippen molar-refractivity contribution in [1.29, 1.82) is 0 Å². The Morgan fingerprint density at radius 1 is 1.27 bits per heavy atom. The first-order chi connectivity index (χ1) is 10.4. The summed E-state index contributed by atoms with van der Waals surface area (Å²) >= 11 is 0. The molecule has 0 spiro atoms. The van der Waals surface area contributed by atoms with Crippen LogP contribution >= 0.6 is 0 Å². The normalized spacial score (nSPS) is 22.2. The minimum atomic E-state index is -3.77. The van der Waals surface area contributed by atoms with Gasteiger partial charge in [-0.1, -0.05) is 0 Å². The largest absolute Gasteiger partial charge is 0.377 e. The molecule has 2 heterocycles. The van der Waals surface area contributed by atoms with Gasteiger partial charge in [-0.05, 0) is 31.5 Å². The van der Waals surface area contributed by atoms with Crippen molar-refractivity contribution in [2.45, 2.75) is 30.4 Å². The number of fused-ring (bicyclic) bond motifs is 1. The van der Waals surface area contributed by atoms with Gasteiger partial charge in [0, 0.05) is 6.61 Å². The monoisotopic (exact) mass is 325 g/mol. The van der Waals surface area contributed by atoms with Crippen molar-refractivity contribution in [2.24, 2.45) is 0 Å². The molecule has 0 bridgehead atoms. The fraction of sp³-hybridized carbons (Fsp3) is 0.385. The lowest BCUT2D eigenvalue weighted by molar-refractivity contribution is 0.117. The van der Waals surface area contributed by atoms with E-state index in [0.717, 1.165) is 0 Å². The SMILES string of the molecule is CC1OCCC1NS(=O)(=O)c1ccc2[nH]c(=O)[nH]c(=O)c2c1. The first-order valence-electron chi connectivity index (χ1n) is 6.77. The van der Waals surface area contributed by atoms with Gasteiger partial charge in [0.25, 0.3) is 5.56 Å². The van der Waals surface area contributed by atoms with Crippen molar-refractivity contribution < 1.29 is 13.2 Å².